The first-order chi connectivity index (χ1) is 22.5. The number of benzene rings is 3. The van der Waals surface area contributed by atoms with Crippen molar-refractivity contribution >= 4 is 34.3 Å². The van der Waals surface area contributed by atoms with E-state index in [2.05, 4.69) is 46.6 Å². The van der Waals surface area contributed by atoms with Crippen LogP contribution in [0.5, 0.6) is 0 Å². The van der Waals surface area contributed by atoms with E-state index in [9.17, 15) is 14.4 Å². The topological polar surface area (TPSA) is 76.2 Å². The van der Waals surface area contributed by atoms with Crippen molar-refractivity contribution in [3.05, 3.63) is 77.9 Å². The Morgan fingerprint density at radius 1 is 0.739 bits per heavy atom. The van der Waals surface area contributed by atoms with Crippen LogP contribution >= 0.6 is 0 Å². The number of nitrogens with one attached hydrogen (secondary N) is 1. The van der Waals surface area contributed by atoms with Crippen LogP contribution in [0.1, 0.15) is 62.5 Å². The first-order valence-electron chi connectivity index (χ1n) is 17.5. The van der Waals surface area contributed by atoms with Gasteiger partial charge in [0.2, 0.25) is 11.8 Å². The minimum atomic E-state index is -0.387. The SMILES string of the molecule is O=C(CC(Cc1ccc2ccccc2c1)C(=O)N1CCC(N2CCCCC2)CC1)N1CCC(N2Cc3ccccc3NC2=O)CC1. The lowest BCUT2D eigenvalue weighted by Gasteiger charge is -2.41. The molecule has 0 bridgehead atoms. The number of likely N-dealkylation sites (tertiary alicyclic amines) is 3. The van der Waals surface area contributed by atoms with Gasteiger partial charge in [-0.1, -0.05) is 67.1 Å². The number of amides is 4. The second-order valence-corrected chi connectivity index (χ2v) is 13.8. The monoisotopic (exact) mass is 621 g/mol. The Labute approximate surface area is 272 Å². The molecule has 3 fully saturated rings. The Morgan fingerprint density at radius 2 is 1.41 bits per heavy atom. The van der Waals surface area contributed by atoms with Gasteiger partial charge in [-0.2, -0.15) is 0 Å². The summed E-state index contributed by atoms with van der Waals surface area (Å²) in [5.41, 5.74) is 3.10. The number of hydrogen-bond donors (Lipinski definition) is 1. The Morgan fingerprint density at radius 3 is 2.20 bits per heavy atom. The molecule has 7 rings (SSSR count). The molecule has 8 nitrogen and oxygen atoms in total. The lowest BCUT2D eigenvalue weighted by Crippen LogP contribution is -2.52. The highest BCUT2D eigenvalue weighted by Gasteiger charge is 2.36. The number of piperidine rings is 3. The molecule has 4 amide bonds. The molecule has 0 radical (unpaired) electrons. The summed E-state index contributed by atoms with van der Waals surface area (Å²) >= 11 is 0. The van der Waals surface area contributed by atoms with Crippen molar-refractivity contribution in [3.8, 4) is 0 Å². The first-order valence-corrected chi connectivity index (χ1v) is 17.5. The zero-order valence-corrected chi connectivity index (χ0v) is 26.9. The fourth-order valence-corrected chi connectivity index (χ4v) is 8.17. The van der Waals surface area contributed by atoms with Crippen LogP contribution in [-0.4, -0.2) is 88.8 Å². The normalized spacial score (nSPS) is 20.8. The molecule has 4 aliphatic heterocycles. The van der Waals surface area contributed by atoms with E-state index in [1.165, 1.54) is 37.7 Å². The van der Waals surface area contributed by atoms with Crippen molar-refractivity contribution in [2.24, 2.45) is 5.92 Å². The van der Waals surface area contributed by atoms with Gasteiger partial charge in [-0.25, -0.2) is 4.79 Å². The van der Waals surface area contributed by atoms with Crippen LogP contribution in [0, 0.1) is 5.92 Å². The predicted molar refractivity (Wildman–Crippen MR) is 181 cm³/mol. The summed E-state index contributed by atoms with van der Waals surface area (Å²) in [6.45, 7) is 5.72. The van der Waals surface area contributed by atoms with Crippen molar-refractivity contribution in [1.82, 2.24) is 19.6 Å². The maximum Gasteiger partial charge on any atom is 0.322 e. The smallest absolute Gasteiger partial charge is 0.322 e. The number of rotatable bonds is 7. The maximum atomic E-state index is 14.2. The average Bonchev–Trinajstić information content (AvgIpc) is 3.11. The van der Waals surface area contributed by atoms with Gasteiger partial charge in [-0.3, -0.25) is 9.59 Å². The summed E-state index contributed by atoms with van der Waals surface area (Å²) < 4.78 is 0. The van der Waals surface area contributed by atoms with E-state index in [0.717, 1.165) is 61.0 Å². The van der Waals surface area contributed by atoms with Gasteiger partial charge in [0.15, 0.2) is 0 Å². The van der Waals surface area contributed by atoms with Crippen LogP contribution in [0.25, 0.3) is 10.8 Å². The molecule has 3 aromatic carbocycles. The third-order valence-electron chi connectivity index (χ3n) is 10.9. The van der Waals surface area contributed by atoms with Gasteiger partial charge in [0.05, 0.1) is 5.92 Å². The standard InChI is InChI=1S/C38H47N5O3/c44-36(41-20-16-34(17-21-41)43-27-31-10-4-5-11-35(31)39-38(43)46)26-32(25-28-12-13-29-8-2-3-9-30(29)24-28)37(45)42-22-14-33(15-23-42)40-18-6-1-7-19-40/h2-5,8-13,24,32-34H,1,6-7,14-23,25-27H2,(H,39,46). The number of hydrogen-bond acceptors (Lipinski definition) is 4. The zero-order valence-electron chi connectivity index (χ0n) is 26.9. The van der Waals surface area contributed by atoms with Gasteiger partial charge in [0.25, 0.3) is 0 Å². The number of carbonyl (C=O) groups is 3. The molecule has 0 saturated carbocycles. The minimum Gasteiger partial charge on any atom is -0.343 e. The molecule has 1 unspecified atom stereocenters. The summed E-state index contributed by atoms with van der Waals surface area (Å²) in [4.78, 5) is 49.4. The fourth-order valence-electron chi connectivity index (χ4n) is 8.17. The number of urea groups is 1. The van der Waals surface area contributed by atoms with Gasteiger partial charge in [0, 0.05) is 56.9 Å². The third kappa shape index (κ3) is 6.77. The lowest BCUT2D eigenvalue weighted by molar-refractivity contribution is -0.143. The Hall–Kier alpha value is -3.91. The molecule has 1 N–H and O–H groups in total. The molecule has 0 aromatic heterocycles. The van der Waals surface area contributed by atoms with Crippen LogP contribution in [0.3, 0.4) is 0 Å². The molecule has 0 aliphatic carbocycles. The van der Waals surface area contributed by atoms with Crippen molar-refractivity contribution in [1.29, 1.82) is 0 Å². The Balaban J connectivity index is 1.00. The van der Waals surface area contributed by atoms with Crippen LogP contribution in [0.2, 0.25) is 0 Å². The number of anilines is 1. The fraction of sp³-hybridized carbons (Fsp3) is 0.500. The maximum absolute atomic E-state index is 14.2. The van der Waals surface area contributed by atoms with Gasteiger partial charge in [-0.15, -0.1) is 0 Å². The summed E-state index contributed by atoms with van der Waals surface area (Å²) in [5.74, 6) is -0.214. The molecule has 4 heterocycles. The van der Waals surface area contributed by atoms with Crippen molar-refractivity contribution in [3.63, 3.8) is 0 Å². The zero-order chi connectivity index (χ0) is 31.5. The molecule has 1 atom stereocenters. The largest absolute Gasteiger partial charge is 0.343 e. The van der Waals surface area contributed by atoms with E-state index in [1.54, 1.807) is 0 Å². The van der Waals surface area contributed by atoms with E-state index in [4.69, 9.17) is 0 Å². The molecule has 8 heteroatoms. The highest BCUT2D eigenvalue weighted by Crippen LogP contribution is 2.29. The number of fused-ring (bicyclic) bond motifs is 2. The van der Waals surface area contributed by atoms with Gasteiger partial charge < -0.3 is 24.9 Å². The third-order valence-corrected chi connectivity index (χ3v) is 10.9. The molecule has 242 valence electrons. The van der Waals surface area contributed by atoms with Crippen LogP contribution < -0.4 is 5.32 Å². The van der Waals surface area contributed by atoms with Crippen LogP contribution in [0.4, 0.5) is 10.5 Å². The summed E-state index contributed by atoms with van der Waals surface area (Å²) in [6.07, 6.45) is 8.21. The Kier molecular flexibility index (Phi) is 9.24. The van der Waals surface area contributed by atoms with E-state index in [1.807, 2.05) is 45.0 Å². The van der Waals surface area contributed by atoms with Gasteiger partial charge in [0.1, 0.15) is 0 Å². The number of para-hydroxylation sites is 1. The summed E-state index contributed by atoms with van der Waals surface area (Å²) in [5, 5.41) is 5.37. The van der Waals surface area contributed by atoms with Crippen molar-refractivity contribution in [2.75, 3.05) is 44.6 Å². The average molecular weight is 622 g/mol. The minimum absolute atomic E-state index is 0.0502. The van der Waals surface area contributed by atoms with Crippen LogP contribution in [-0.2, 0) is 22.6 Å². The van der Waals surface area contributed by atoms with E-state index < -0.39 is 0 Å². The van der Waals surface area contributed by atoms with Crippen LogP contribution in [0.15, 0.2) is 66.7 Å². The number of carbonyl (C=O) groups excluding carboxylic acids is 3. The molecule has 46 heavy (non-hydrogen) atoms. The Bertz CT molecular complexity index is 1550. The highest BCUT2D eigenvalue weighted by atomic mass is 16.2. The van der Waals surface area contributed by atoms with Gasteiger partial charge in [-0.05, 0) is 86.0 Å². The quantitative estimate of drug-likeness (QED) is 0.356. The summed E-state index contributed by atoms with van der Waals surface area (Å²) in [6, 6.07) is 23.3. The molecule has 3 saturated heterocycles. The van der Waals surface area contributed by atoms with Gasteiger partial charge >= 0.3 is 6.03 Å². The second kappa shape index (κ2) is 13.8. The lowest BCUT2D eigenvalue weighted by atomic mass is 9.91. The molecule has 3 aromatic rings. The van der Waals surface area contributed by atoms with Crippen molar-refractivity contribution < 1.29 is 14.4 Å². The predicted octanol–water partition coefficient (Wildman–Crippen LogP) is 5.90. The molecule has 0 spiro atoms. The second-order valence-electron chi connectivity index (χ2n) is 13.8. The molecular weight excluding hydrogens is 574 g/mol. The van der Waals surface area contributed by atoms with Crippen molar-refractivity contribution in [2.45, 2.75) is 76.4 Å². The molecular formula is C38H47N5O3. The first kappa shape index (κ1) is 30.7. The van der Waals surface area contributed by atoms with E-state index >= 15 is 0 Å². The van der Waals surface area contributed by atoms with E-state index in [-0.39, 0.29) is 36.2 Å². The number of nitrogens with zero attached hydrogens (tertiary/aromatic N) is 4. The van der Waals surface area contributed by atoms with E-state index in [0.29, 0.717) is 32.1 Å². The summed E-state index contributed by atoms with van der Waals surface area (Å²) in [7, 11) is 0. The molecule has 4 aliphatic rings. The highest BCUT2D eigenvalue weighted by molar-refractivity contribution is 5.92.